The van der Waals surface area contributed by atoms with Crippen LogP contribution in [-0.4, -0.2) is 38.1 Å². The van der Waals surface area contributed by atoms with E-state index in [1.165, 1.54) is 7.11 Å². The van der Waals surface area contributed by atoms with Crippen LogP contribution in [0.1, 0.15) is 19.8 Å². The number of hydrogen-bond donors (Lipinski definition) is 1. The molecule has 1 N–H and O–H groups in total. The number of ether oxygens (including phenoxy) is 2. The van der Waals surface area contributed by atoms with Crippen LogP contribution in [0, 0.1) is 5.41 Å². The molecule has 0 bridgehead atoms. The summed E-state index contributed by atoms with van der Waals surface area (Å²) in [6.45, 7) is 2.02. The van der Waals surface area contributed by atoms with Gasteiger partial charge in [0.1, 0.15) is 5.41 Å². The van der Waals surface area contributed by atoms with Crippen molar-refractivity contribution in [2.45, 2.75) is 19.8 Å². The molecule has 90 valence electrons. The van der Waals surface area contributed by atoms with Crippen molar-refractivity contribution in [1.82, 2.24) is 5.32 Å². The number of nitrogens with one attached hydrogen (secondary N) is 1. The van der Waals surface area contributed by atoms with Crippen LogP contribution in [0.2, 0.25) is 0 Å². The Morgan fingerprint density at radius 3 is 2.62 bits per heavy atom. The normalized spacial score (nSPS) is 23.8. The highest BCUT2D eigenvalue weighted by molar-refractivity contribution is 5.92. The minimum absolute atomic E-state index is 0.0269. The summed E-state index contributed by atoms with van der Waals surface area (Å²) in [6, 6.07) is 0. The van der Waals surface area contributed by atoms with E-state index in [1.807, 2.05) is 0 Å². The van der Waals surface area contributed by atoms with Gasteiger partial charge in [0.25, 0.3) is 0 Å². The van der Waals surface area contributed by atoms with Gasteiger partial charge in [0.2, 0.25) is 5.91 Å². The zero-order valence-corrected chi connectivity index (χ0v) is 9.37. The zero-order valence-electron chi connectivity index (χ0n) is 9.37. The van der Waals surface area contributed by atoms with Crippen molar-refractivity contribution in [3.8, 4) is 0 Å². The van der Waals surface area contributed by atoms with E-state index in [4.69, 9.17) is 4.74 Å². The third kappa shape index (κ3) is 2.50. The van der Waals surface area contributed by atoms with Crippen LogP contribution >= 0.6 is 0 Å². The van der Waals surface area contributed by atoms with Gasteiger partial charge in [-0.15, -0.1) is 0 Å². The van der Waals surface area contributed by atoms with Crippen molar-refractivity contribution in [2.24, 2.45) is 5.41 Å². The van der Waals surface area contributed by atoms with Crippen LogP contribution in [0.4, 0.5) is 0 Å². The second-order valence-corrected chi connectivity index (χ2v) is 3.71. The zero-order chi connectivity index (χ0) is 12.2. The van der Waals surface area contributed by atoms with E-state index in [-0.39, 0.29) is 31.9 Å². The van der Waals surface area contributed by atoms with Gasteiger partial charge in [-0.25, -0.2) is 0 Å². The van der Waals surface area contributed by atoms with Crippen molar-refractivity contribution in [2.75, 3.05) is 20.3 Å². The fourth-order valence-corrected chi connectivity index (χ4v) is 1.67. The highest BCUT2D eigenvalue weighted by Gasteiger charge is 2.48. The molecule has 0 aliphatic carbocycles. The average molecular weight is 229 g/mol. The van der Waals surface area contributed by atoms with E-state index < -0.39 is 17.4 Å². The van der Waals surface area contributed by atoms with Crippen LogP contribution in [0.3, 0.4) is 0 Å². The Hall–Kier alpha value is -1.59. The highest BCUT2D eigenvalue weighted by Crippen LogP contribution is 2.32. The lowest BCUT2D eigenvalue weighted by Crippen LogP contribution is -2.37. The summed E-state index contributed by atoms with van der Waals surface area (Å²) < 4.78 is 9.40. The Balaban J connectivity index is 2.81. The van der Waals surface area contributed by atoms with Gasteiger partial charge in [0, 0.05) is 13.0 Å². The van der Waals surface area contributed by atoms with Gasteiger partial charge in [-0.05, 0) is 6.92 Å². The number of carbonyl (C=O) groups is 3. The van der Waals surface area contributed by atoms with Gasteiger partial charge >= 0.3 is 11.9 Å². The Morgan fingerprint density at radius 2 is 2.19 bits per heavy atom. The predicted octanol–water partition coefficient (Wildman–Crippen LogP) is -0.381. The summed E-state index contributed by atoms with van der Waals surface area (Å²) in [6.07, 6.45) is -0.165. The molecule has 1 saturated heterocycles. The lowest BCUT2D eigenvalue weighted by atomic mass is 9.83. The first-order chi connectivity index (χ1) is 7.54. The molecule has 1 aliphatic heterocycles. The molecule has 1 aliphatic rings. The van der Waals surface area contributed by atoms with Gasteiger partial charge in [-0.1, -0.05) is 0 Å². The molecule has 6 heteroatoms. The third-order valence-electron chi connectivity index (χ3n) is 2.54. The van der Waals surface area contributed by atoms with Crippen molar-refractivity contribution in [3.63, 3.8) is 0 Å². The second-order valence-electron chi connectivity index (χ2n) is 3.71. The first kappa shape index (κ1) is 12.5. The summed E-state index contributed by atoms with van der Waals surface area (Å²) in [7, 11) is 1.24. The summed E-state index contributed by atoms with van der Waals surface area (Å²) in [4.78, 5) is 34.1. The summed E-state index contributed by atoms with van der Waals surface area (Å²) >= 11 is 0. The van der Waals surface area contributed by atoms with Crippen LogP contribution in [0.15, 0.2) is 0 Å². The monoisotopic (exact) mass is 229 g/mol. The van der Waals surface area contributed by atoms with E-state index >= 15 is 0 Å². The van der Waals surface area contributed by atoms with Crippen LogP contribution in [0.25, 0.3) is 0 Å². The summed E-state index contributed by atoms with van der Waals surface area (Å²) in [5.74, 6) is -1.31. The topological polar surface area (TPSA) is 81.7 Å². The molecule has 16 heavy (non-hydrogen) atoms. The molecule has 0 unspecified atom stereocenters. The molecule has 1 atom stereocenters. The van der Waals surface area contributed by atoms with Crippen molar-refractivity contribution in [3.05, 3.63) is 0 Å². The molecule has 0 aromatic carbocycles. The Kier molecular flexibility index (Phi) is 3.87. The molecule has 0 aromatic heterocycles. The fourth-order valence-electron chi connectivity index (χ4n) is 1.67. The predicted molar refractivity (Wildman–Crippen MR) is 53.3 cm³/mol. The maximum Gasteiger partial charge on any atom is 0.314 e. The second kappa shape index (κ2) is 4.96. The van der Waals surface area contributed by atoms with Crippen LogP contribution < -0.4 is 5.32 Å². The van der Waals surface area contributed by atoms with E-state index in [1.54, 1.807) is 6.92 Å². The number of methoxy groups -OCH3 is 1. The maximum atomic E-state index is 11.7. The average Bonchev–Trinajstić information content (AvgIpc) is 2.61. The highest BCUT2D eigenvalue weighted by atomic mass is 16.5. The number of esters is 2. The molecule has 0 radical (unpaired) electrons. The van der Waals surface area contributed by atoms with Gasteiger partial charge in [0.05, 0.1) is 20.1 Å². The van der Waals surface area contributed by atoms with Crippen LogP contribution in [0.5, 0.6) is 0 Å². The Labute approximate surface area is 93.3 Å². The minimum Gasteiger partial charge on any atom is -0.469 e. The minimum atomic E-state index is -1.10. The lowest BCUT2D eigenvalue weighted by Gasteiger charge is -2.22. The molecular weight excluding hydrogens is 214 g/mol. The van der Waals surface area contributed by atoms with E-state index in [2.05, 4.69) is 10.1 Å². The first-order valence-corrected chi connectivity index (χ1v) is 5.05. The molecule has 1 rings (SSSR count). The Bertz CT molecular complexity index is 314. The molecule has 0 aromatic rings. The molecule has 0 spiro atoms. The summed E-state index contributed by atoms with van der Waals surface area (Å²) in [5.41, 5.74) is -1.10. The lowest BCUT2D eigenvalue weighted by molar-refractivity contribution is -0.160. The molecule has 6 nitrogen and oxygen atoms in total. The number of carbonyl (C=O) groups excluding carboxylic acids is 3. The fraction of sp³-hybridized carbons (Fsp3) is 0.700. The third-order valence-corrected chi connectivity index (χ3v) is 2.54. The molecular formula is C10H15NO5. The van der Waals surface area contributed by atoms with Gasteiger partial charge in [-0.3, -0.25) is 14.4 Å². The summed E-state index contributed by atoms with van der Waals surface area (Å²) in [5, 5.41) is 2.53. The quantitative estimate of drug-likeness (QED) is 0.664. The Morgan fingerprint density at radius 1 is 1.50 bits per heavy atom. The van der Waals surface area contributed by atoms with E-state index in [0.29, 0.717) is 0 Å². The molecule has 0 saturated carbocycles. The van der Waals surface area contributed by atoms with Crippen molar-refractivity contribution in [1.29, 1.82) is 0 Å². The SMILES string of the molecule is CCOC(=O)[C@@]1(CC(=O)OC)CNC(=O)C1. The van der Waals surface area contributed by atoms with Crippen molar-refractivity contribution < 1.29 is 23.9 Å². The van der Waals surface area contributed by atoms with Crippen LogP contribution in [-0.2, 0) is 23.9 Å². The number of rotatable bonds is 4. The first-order valence-electron chi connectivity index (χ1n) is 5.05. The van der Waals surface area contributed by atoms with E-state index in [0.717, 1.165) is 0 Å². The maximum absolute atomic E-state index is 11.7. The number of hydrogen-bond acceptors (Lipinski definition) is 5. The largest absolute Gasteiger partial charge is 0.469 e. The molecule has 1 amide bonds. The molecule has 1 heterocycles. The number of amides is 1. The molecule has 1 fully saturated rings. The van der Waals surface area contributed by atoms with Gasteiger partial charge in [0.15, 0.2) is 0 Å². The van der Waals surface area contributed by atoms with Crippen molar-refractivity contribution >= 4 is 17.8 Å². The smallest absolute Gasteiger partial charge is 0.314 e. The standard InChI is InChI=1S/C10H15NO5/c1-3-16-9(14)10(5-8(13)15-2)4-7(12)11-6-10/h3-6H2,1-2H3,(H,11,12)/t10-/m0/s1. The van der Waals surface area contributed by atoms with Gasteiger partial charge < -0.3 is 14.8 Å². The van der Waals surface area contributed by atoms with E-state index in [9.17, 15) is 14.4 Å². The van der Waals surface area contributed by atoms with Gasteiger partial charge in [-0.2, -0.15) is 0 Å².